The van der Waals surface area contributed by atoms with Crippen molar-refractivity contribution in [3.8, 4) is 11.5 Å². The van der Waals surface area contributed by atoms with Gasteiger partial charge in [0.15, 0.2) is 23.0 Å². The molecule has 2 aliphatic carbocycles. The molecule has 0 fully saturated rings. The Balaban J connectivity index is 1.76. The quantitative estimate of drug-likeness (QED) is 0.724. The number of phenolic OH excluding ortho intramolecular Hbond substituents is 1. The summed E-state index contributed by atoms with van der Waals surface area (Å²) in [6.45, 7) is 8.18. The van der Waals surface area contributed by atoms with Gasteiger partial charge in [-0.15, -0.1) is 0 Å². The van der Waals surface area contributed by atoms with E-state index in [1.165, 1.54) is 6.08 Å². The third kappa shape index (κ3) is 2.45. The second-order valence-electron chi connectivity index (χ2n) is 9.60. The minimum Gasteiger partial charge on any atom is -0.507 e. The standard InChI is InChI=1S/C28H24O6/c1-13-10-20-22(16(4)23(13)30)27(5)26(33)14(2)11-21(29)28(27,34-20)12-19-15(3)24(31)17-8-6-7-9-18(17)25(19)32/h6-11,30H,12H2,1-5H3/t27-,28+/m0/s1. The van der Waals surface area contributed by atoms with Gasteiger partial charge in [-0.05, 0) is 63.5 Å². The van der Waals surface area contributed by atoms with Gasteiger partial charge < -0.3 is 9.84 Å². The van der Waals surface area contributed by atoms with Crippen LogP contribution in [0.15, 0.2) is 53.1 Å². The molecule has 1 N–H and O–H groups in total. The zero-order chi connectivity index (χ0) is 24.7. The van der Waals surface area contributed by atoms with Crippen LogP contribution < -0.4 is 4.74 Å². The van der Waals surface area contributed by atoms with Crippen molar-refractivity contribution in [3.63, 3.8) is 0 Å². The Morgan fingerprint density at radius 1 is 0.941 bits per heavy atom. The Labute approximate surface area is 196 Å². The van der Waals surface area contributed by atoms with Crippen molar-refractivity contribution in [2.24, 2.45) is 0 Å². The van der Waals surface area contributed by atoms with Crippen molar-refractivity contribution < 1.29 is 29.0 Å². The molecule has 3 aliphatic rings. The van der Waals surface area contributed by atoms with Gasteiger partial charge in [0.25, 0.3) is 0 Å². The molecule has 0 amide bonds. The number of rotatable bonds is 2. The van der Waals surface area contributed by atoms with Gasteiger partial charge in [-0.25, -0.2) is 0 Å². The number of Topliss-reactive ketones (excluding diaryl/α,β-unsaturated/α-hetero) is 3. The minimum absolute atomic E-state index is 0.0278. The van der Waals surface area contributed by atoms with Crippen LogP contribution in [0.3, 0.4) is 0 Å². The number of allylic oxidation sites excluding steroid dienone is 2. The first-order valence-corrected chi connectivity index (χ1v) is 11.1. The molecule has 6 nitrogen and oxygen atoms in total. The Hall–Kier alpha value is -3.80. The predicted octanol–water partition coefficient (Wildman–Crippen LogP) is 4.28. The summed E-state index contributed by atoms with van der Waals surface area (Å²) in [5, 5.41) is 10.7. The van der Waals surface area contributed by atoms with E-state index in [9.17, 15) is 24.3 Å². The average Bonchev–Trinajstić information content (AvgIpc) is 3.07. The van der Waals surface area contributed by atoms with Crippen molar-refractivity contribution in [1.29, 1.82) is 0 Å². The summed E-state index contributed by atoms with van der Waals surface area (Å²) in [5.74, 6) is -1.05. The highest BCUT2D eigenvalue weighted by Gasteiger charge is 2.68. The summed E-state index contributed by atoms with van der Waals surface area (Å²) in [5.41, 5.74) is -0.524. The van der Waals surface area contributed by atoms with E-state index in [4.69, 9.17) is 4.74 Å². The van der Waals surface area contributed by atoms with Crippen LogP contribution in [-0.2, 0) is 15.0 Å². The van der Waals surface area contributed by atoms with Gasteiger partial charge in [0, 0.05) is 34.3 Å². The van der Waals surface area contributed by atoms with Gasteiger partial charge in [-0.3, -0.25) is 19.2 Å². The molecule has 1 aliphatic heterocycles. The lowest BCUT2D eigenvalue weighted by atomic mass is 9.58. The van der Waals surface area contributed by atoms with Gasteiger partial charge in [0.05, 0.1) is 0 Å². The Morgan fingerprint density at radius 2 is 1.56 bits per heavy atom. The molecule has 5 rings (SSSR count). The third-order valence-electron chi connectivity index (χ3n) is 7.76. The molecule has 0 bridgehead atoms. The fourth-order valence-corrected chi connectivity index (χ4v) is 5.81. The van der Waals surface area contributed by atoms with Crippen molar-refractivity contribution in [1.82, 2.24) is 0 Å². The molecule has 0 unspecified atom stereocenters. The molecule has 0 aromatic heterocycles. The Bertz CT molecular complexity index is 1440. The number of carbonyl (C=O) groups is 4. The Morgan fingerprint density at radius 3 is 2.21 bits per heavy atom. The molecule has 0 radical (unpaired) electrons. The predicted molar refractivity (Wildman–Crippen MR) is 124 cm³/mol. The van der Waals surface area contributed by atoms with E-state index >= 15 is 0 Å². The fraction of sp³-hybridized carbons (Fsp3) is 0.286. The van der Waals surface area contributed by atoms with Crippen LogP contribution >= 0.6 is 0 Å². The molecule has 1 heterocycles. The topological polar surface area (TPSA) is 97.7 Å². The number of hydrogen-bond donors (Lipinski definition) is 1. The molecule has 0 spiro atoms. The maximum absolute atomic E-state index is 13.7. The fourth-order valence-electron chi connectivity index (χ4n) is 5.81. The second-order valence-corrected chi connectivity index (χ2v) is 9.60. The summed E-state index contributed by atoms with van der Waals surface area (Å²) in [6.07, 6.45) is 1.02. The highest BCUT2D eigenvalue weighted by atomic mass is 16.5. The molecular formula is C28H24O6. The van der Waals surface area contributed by atoms with Gasteiger partial charge in [0.2, 0.25) is 5.78 Å². The first kappa shape index (κ1) is 22.0. The molecule has 6 heteroatoms. The maximum Gasteiger partial charge on any atom is 0.201 e. The average molecular weight is 456 g/mol. The SMILES string of the molecule is CC1=CC(=O)[C@@]2(CC3=C(C)C(=O)c4ccccc4C3=O)Oc3cc(C)c(O)c(C)c3[C@@]2(C)C1=O. The van der Waals surface area contributed by atoms with E-state index in [1.807, 2.05) is 0 Å². The number of carbonyl (C=O) groups excluding carboxylic acids is 4. The van der Waals surface area contributed by atoms with Gasteiger partial charge in [-0.1, -0.05) is 24.3 Å². The molecular weight excluding hydrogens is 432 g/mol. The van der Waals surface area contributed by atoms with Crippen LogP contribution in [-0.4, -0.2) is 33.8 Å². The smallest absolute Gasteiger partial charge is 0.201 e. The number of phenols is 1. The minimum atomic E-state index is -1.75. The molecule has 2 aromatic rings. The highest BCUT2D eigenvalue weighted by Crippen LogP contribution is 2.58. The number of fused-ring (bicyclic) bond motifs is 4. The van der Waals surface area contributed by atoms with E-state index in [0.717, 1.165) is 0 Å². The maximum atomic E-state index is 13.7. The molecule has 0 saturated heterocycles. The van der Waals surface area contributed by atoms with Gasteiger partial charge >= 0.3 is 0 Å². The van der Waals surface area contributed by atoms with Crippen LogP contribution in [0.5, 0.6) is 11.5 Å². The van der Waals surface area contributed by atoms with Crippen LogP contribution in [0.1, 0.15) is 64.6 Å². The lowest BCUT2D eigenvalue weighted by Crippen LogP contribution is -2.62. The molecule has 34 heavy (non-hydrogen) atoms. The molecule has 2 atom stereocenters. The van der Waals surface area contributed by atoms with Crippen LogP contribution in [0.4, 0.5) is 0 Å². The van der Waals surface area contributed by atoms with E-state index in [-0.39, 0.29) is 51.8 Å². The van der Waals surface area contributed by atoms with Gasteiger partial charge in [0.1, 0.15) is 16.9 Å². The first-order chi connectivity index (χ1) is 16.0. The van der Waals surface area contributed by atoms with E-state index in [0.29, 0.717) is 28.0 Å². The van der Waals surface area contributed by atoms with E-state index in [2.05, 4.69) is 0 Å². The monoisotopic (exact) mass is 456 g/mol. The normalized spacial score (nSPS) is 25.6. The van der Waals surface area contributed by atoms with Crippen LogP contribution in [0.25, 0.3) is 0 Å². The van der Waals surface area contributed by atoms with E-state index < -0.39 is 16.8 Å². The van der Waals surface area contributed by atoms with Crippen molar-refractivity contribution in [3.05, 3.63) is 80.9 Å². The van der Waals surface area contributed by atoms with E-state index in [1.54, 1.807) is 65.0 Å². The second kappa shape index (κ2) is 6.86. The third-order valence-corrected chi connectivity index (χ3v) is 7.76. The van der Waals surface area contributed by atoms with Crippen molar-refractivity contribution in [2.75, 3.05) is 0 Å². The highest BCUT2D eigenvalue weighted by molar-refractivity contribution is 6.27. The molecule has 2 aromatic carbocycles. The Kier molecular flexibility index (Phi) is 4.44. The number of aryl methyl sites for hydroxylation is 1. The number of hydrogen-bond acceptors (Lipinski definition) is 6. The molecule has 172 valence electrons. The lowest BCUT2D eigenvalue weighted by Gasteiger charge is -2.43. The number of benzene rings is 2. The summed E-state index contributed by atoms with van der Waals surface area (Å²) in [7, 11) is 0. The zero-order valence-electron chi connectivity index (χ0n) is 19.7. The summed E-state index contributed by atoms with van der Waals surface area (Å²) >= 11 is 0. The van der Waals surface area contributed by atoms with Crippen LogP contribution in [0, 0.1) is 13.8 Å². The number of aromatic hydroxyl groups is 1. The summed E-state index contributed by atoms with van der Waals surface area (Å²) < 4.78 is 6.35. The van der Waals surface area contributed by atoms with Crippen LogP contribution in [0.2, 0.25) is 0 Å². The number of ketones is 4. The van der Waals surface area contributed by atoms with Crippen molar-refractivity contribution in [2.45, 2.75) is 52.1 Å². The summed E-state index contributed by atoms with van der Waals surface area (Å²) in [6, 6.07) is 8.19. The van der Waals surface area contributed by atoms with Crippen molar-refractivity contribution >= 4 is 23.1 Å². The van der Waals surface area contributed by atoms with Gasteiger partial charge in [-0.2, -0.15) is 0 Å². The largest absolute Gasteiger partial charge is 0.507 e. The molecule has 0 saturated carbocycles. The zero-order valence-corrected chi connectivity index (χ0v) is 19.7. The first-order valence-electron chi connectivity index (χ1n) is 11.1. The lowest BCUT2D eigenvalue weighted by molar-refractivity contribution is -0.143. The number of ether oxygens (including phenoxy) is 1. The summed E-state index contributed by atoms with van der Waals surface area (Å²) in [4.78, 5) is 54.0.